The predicted octanol–water partition coefficient (Wildman–Crippen LogP) is 2.63. The SMILES string of the molecule is CCCC(OC)c1noc(-c2ccc(NCCO)cc2)n1. The molecule has 6 heteroatoms. The van der Waals surface area contributed by atoms with Crippen LogP contribution in [0.5, 0.6) is 0 Å². The topological polar surface area (TPSA) is 80.4 Å². The van der Waals surface area contributed by atoms with Crippen molar-refractivity contribution in [2.75, 3.05) is 25.6 Å². The van der Waals surface area contributed by atoms with Crippen molar-refractivity contribution in [3.8, 4) is 11.5 Å². The summed E-state index contributed by atoms with van der Waals surface area (Å²) in [6, 6.07) is 7.63. The summed E-state index contributed by atoms with van der Waals surface area (Å²) in [4.78, 5) is 4.40. The molecular formula is C15H21N3O3. The van der Waals surface area contributed by atoms with E-state index in [0.717, 1.165) is 24.1 Å². The van der Waals surface area contributed by atoms with Gasteiger partial charge in [-0.15, -0.1) is 0 Å². The van der Waals surface area contributed by atoms with Crippen LogP contribution in [0.1, 0.15) is 31.7 Å². The number of rotatable bonds is 8. The first-order chi connectivity index (χ1) is 10.3. The molecule has 1 atom stereocenters. The average Bonchev–Trinajstić information content (AvgIpc) is 3.00. The van der Waals surface area contributed by atoms with E-state index in [1.54, 1.807) is 7.11 Å². The lowest BCUT2D eigenvalue weighted by Gasteiger charge is -2.08. The van der Waals surface area contributed by atoms with Gasteiger partial charge < -0.3 is 19.7 Å². The maximum Gasteiger partial charge on any atom is 0.258 e. The van der Waals surface area contributed by atoms with Gasteiger partial charge in [0.15, 0.2) is 0 Å². The normalized spacial score (nSPS) is 12.3. The van der Waals surface area contributed by atoms with Crippen LogP contribution < -0.4 is 5.32 Å². The van der Waals surface area contributed by atoms with Crippen molar-refractivity contribution in [3.05, 3.63) is 30.1 Å². The lowest BCUT2D eigenvalue weighted by molar-refractivity contribution is 0.0854. The molecule has 1 aromatic carbocycles. The number of aliphatic hydroxyl groups is 1. The van der Waals surface area contributed by atoms with Gasteiger partial charge in [-0.2, -0.15) is 4.98 Å². The number of nitrogens with zero attached hydrogens (tertiary/aromatic N) is 2. The second kappa shape index (κ2) is 7.75. The minimum absolute atomic E-state index is 0.102. The van der Waals surface area contributed by atoms with Crippen LogP contribution in [0.25, 0.3) is 11.5 Å². The van der Waals surface area contributed by atoms with Crippen LogP contribution in [0.2, 0.25) is 0 Å². The molecular weight excluding hydrogens is 270 g/mol. The van der Waals surface area contributed by atoms with Crippen molar-refractivity contribution < 1.29 is 14.4 Å². The predicted molar refractivity (Wildman–Crippen MR) is 80.0 cm³/mol. The molecule has 0 amide bonds. The summed E-state index contributed by atoms with van der Waals surface area (Å²) in [5.74, 6) is 1.06. The fraction of sp³-hybridized carbons (Fsp3) is 0.467. The van der Waals surface area contributed by atoms with Crippen molar-refractivity contribution in [2.24, 2.45) is 0 Å². The third-order valence-electron chi connectivity index (χ3n) is 3.14. The number of aromatic nitrogens is 2. The molecule has 0 aliphatic carbocycles. The zero-order valence-corrected chi connectivity index (χ0v) is 12.4. The summed E-state index contributed by atoms with van der Waals surface area (Å²) in [5, 5.41) is 15.9. The van der Waals surface area contributed by atoms with Crippen LogP contribution in [0.15, 0.2) is 28.8 Å². The molecule has 0 radical (unpaired) electrons. The molecule has 0 bridgehead atoms. The Kier molecular flexibility index (Phi) is 5.71. The molecule has 1 unspecified atom stereocenters. The molecule has 1 heterocycles. The molecule has 6 nitrogen and oxygen atoms in total. The Labute approximate surface area is 124 Å². The minimum Gasteiger partial charge on any atom is -0.395 e. The highest BCUT2D eigenvalue weighted by molar-refractivity contribution is 5.58. The number of anilines is 1. The summed E-state index contributed by atoms with van der Waals surface area (Å²) in [7, 11) is 1.65. The van der Waals surface area contributed by atoms with E-state index in [4.69, 9.17) is 14.4 Å². The fourth-order valence-corrected chi connectivity index (χ4v) is 2.03. The van der Waals surface area contributed by atoms with Crippen LogP contribution >= 0.6 is 0 Å². The van der Waals surface area contributed by atoms with Crippen molar-refractivity contribution in [2.45, 2.75) is 25.9 Å². The molecule has 0 aliphatic rings. The maximum absolute atomic E-state index is 8.77. The van der Waals surface area contributed by atoms with E-state index in [1.165, 1.54) is 0 Å². The zero-order chi connectivity index (χ0) is 15.1. The summed E-state index contributed by atoms with van der Waals surface area (Å²) < 4.78 is 10.7. The van der Waals surface area contributed by atoms with E-state index >= 15 is 0 Å². The summed E-state index contributed by atoms with van der Waals surface area (Å²) in [6.45, 7) is 2.71. The largest absolute Gasteiger partial charge is 0.395 e. The Bertz CT molecular complexity index is 539. The first-order valence-electron chi connectivity index (χ1n) is 7.10. The molecule has 0 saturated heterocycles. The molecule has 21 heavy (non-hydrogen) atoms. The third kappa shape index (κ3) is 4.03. The van der Waals surface area contributed by atoms with E-state index in [2.05, 4.69) is 22.4 Å². The van der Waals surface area contributed by atoms with Crippen molar-refractivity contribution in [1.29, 1.82) is 0 Å². The van der Waals surface area contributed by atoms with Crippen LogP contribution in [-0.2, 0) is 4.74 Å². The van der Waals surface area contributed by atoms with E-state index in [9.17, 15) is 0 Å². The van der Waals surface area contributed by atoms with Gasteiger partial charge >= 0.3 is 0 Å². The summed E-state index contributed by atoms with van der Waals surface area (Å²) in [6.07, 6.45) is 1.73. The Morgan fingerprint density at radius 3 is 2.71 bits per heavy atom. The first-order valence-corrected chi connectivity index (χ1v) is 7.10. The van der Waals surface area contributed by atoms with Crippen LogP contribution in [0.4, 0.5) is 5.69 Å². The number of methoxy groups -OCH3 is 1. The standard InChI is InChI=1S/C15H21N3O3/c1-3-4-13(20-2)14-17-15(21-18-14)11-5-7-12(8-6-11)16-9-10-19/h5-8,13,16,19H,3-4,9-10H2,1-2H3. The molecule has 0 spiro atoms. The van der Waals surface area contributed by atoms with Crippen molar-refractivity contribution >= 4 is 5.69 Å². The monoisotopic (exact) mass is 291 g/mol. The fourth-order valence-electron chi connectivity index (χ4n) is 2.03. The number of hydrogen-bond donors (Lipinski definition) is 2. The highest BCUT2D eigenvalue weighted by atomic mass is 16.5. The second-order valence-electron chi connectivity index (χ2n) is 4.70. The maximum atomic E-state index is 8.77. The van der Waals surface area contributed by atoms with Gasteiger partial charge in [0, 0.05) is 24.9 Å². The van der Waals surface area contributed by atoms with E-state index in [0.29, 0.717) is 18.3 Å². The molecule has 0 aliphatic heterocycles. The Morgan fingerprint density at radius 2 is 2.10 bits per heavy atom. The minimum atomic E-state index is -0.127. The number of benzene rings is 1. The van der Waals surface area contributed by atoms with Gasteiger partial charge in [0.25, 0.3) is 5.89 Å². The summed E-state index contributed by atoms with van der Waals surface area (Å²) >= 11 is 0. The van der Waals surface area contributed by atoms with Gasteiger partial charge in [0.1, 0.15) is 6.10 Å². The van der Waals surface area contributed by atoms with E-state index < -0.39 is 0 Å². The first kappa shape index (κ1) is 15.5. The van der Waals surface area contributed by atoms with Gasteiger partial charge in [-0.1, -0.05) is 18.5 Å². The second-order valence-corrected chi connectivity index (χ2v) is 4.70. The molecule has 2 aromatic rings. The molecule has 2 N–H and O–H groups in total. The van der Waals surface area contributed by atoms with Crippen molar-refractivity contribution in [1.82, 2.24) is 10.1 Å². The van der Waals surface area contributed by atoms with Gasteiger partial charge in [0.05, 0.1) is 6.61 Å². The highest BCUT2D eigenvalue weighted by Gasteiger charge is 2.17. The molecule has 0 fully saturated rings. The lowest BCUT2D eigenvalue weighted by atomic mass is 10.2. The highest BCUT2D eigenvalue weighted by Crippen LogP contribution is 2.24. The number of hydrogen-bond acceptors (Lipinski definition) is 6. The van der Waals surface area contributed by atoms with Crippen molar-refractivity contribution in [3.63, 3.8) is 0 Å². The molecule has 1 aromatic heterocycles. The van der Waals surface area contributed by atoms with E-state index in [1.807, 2.05) is 24.3 Å². The van der Waals surface area contributed by atoms with Gasteiger partial charge in [-0.25, -0.2) is 0 Å². The molecule has 2 rings (SSSR count). The van der Waals surface area contributed by atoms with Gasteiger partial charge in [-0.3, -0.25) is 0 Å². The van der Waals surface area contributed by atoms with Crippen LogP contribution in [-0.4, -0.2) is 35.5 Å². The quantitative estimate of drug-likeness (QED) is 0.778. The van der Waals surface area contributed by atoms with Crippen LogP contribution in [0.3, 0.4) is 0 Å². The van der Waals surface area contributed by atoms with Gasteiger partial charge in [-0.05, 0) is 30.7 Å². The summed E-state index contributed by atoms with van der Waals surface area (Å²) in [5.41, 5.74) is 1.79. The Hall–Kier alpha value is -1.92. The molecule has 0 saturated carbocycles. The number of aliphatic hydroxyl groups excluding tert-OH is 1. The Morgan fingerprint density at radius 1 is 1.33 bits per heavy atom. The zero-order valence-electron chi connectivity index (χ0n) is 12.4. The van der Waals surface area contributed by atoms with Crippen LogP contribution in [0, 0.1) is 0 Å². The number of nitrogens with one attached hydrogen (secondary N) is 1. The smallest absolute Gasteiger partial charge is 0.258 e. The number of ether oxygens (including phenoxy) is 1. The third-order valence-corrected chi connectivity index (χ3v) is 3.14. The van der Waals surface area contributed by atoms with Gasteiger partial charge in [0.2, 0.25) is 5.82 Å². The van der Waals surface area contributed by atoms with E-state index in [-0.39, 0.29) is 12.7 Å². The molecule has 114 valence electrons. The lowest BCUT2D eigenvalue weighted by Crippen LogP contribution is -2.04. The average molecular weight is 291 g/mol. The Balaban J connectivity index is 2.10.